The predicted molar refractivity (Wildman–Crippen MR) is 93.6 cm³/mol. The summed E-state index contributed by atoms with van der Waals surface area (Å²) in [6.07, 6.45) is -4.72. The van der Waals surface area contributed by atoms with E-state index in [1.807, 2.05) is 0 Å². The summed E-state index contributed by atoms with van der Waals surface area (Å²) in [5.74, 6) is -17.8. The zero-order valence-electron chi connectivity index (χ0n) is 14.1. The zero-order chi connectivity index (χ0) is 21.8. The number of halogens is 10. The summed E-state index contributed by atoms with van der Waals surface area (Å²) < 4.78 is 108. The van der Waals surface area contributed by atoms with Crippen LogP contribution in [0.5, 0.6) is 5.75 Å². The Labute approximate surface area is 170 Å². The van der Waals surface area contributed by atoms with Gasteiger partial charge in [0.2, 0.25) is 0 Å². The van der Waals surface area contributed by atoms with Gasteiger partial charge in [-0.15, -0.1) is 23.4 Å². The first-order chi connectivity index (χ1) is 12.8. The van der Waals surface area contributed by atoms with Gasteiger partial charge in [0, 0.05) is 11.1 Å². The summed E-state index contributed by atoms with van der Waals surface area (Å²) >= 11 is 11.5. The summed E-state index contributed by atoms with van der Waals surface area (Å²) in [6, 6.07) is 6.72. The second-order valence-corrected chi connectivity index (χ2v) is 7.45. The molecular weight excluding hydrogens is 463 g/mol. The number of thioether (sulfide) groups is 1. The Morgan fingerprint density at radius 1 is 1.11 bits per heavy atom. The Kier molecular flexibility index (Phi) is 8.77. The Morgan fingerprint density at radius 2 is 1.64 bits per heavy atom. The molecular formula is C16H14Cl2F8OS. The first kappa shape index (κ1) is 25.2. The lowest BCUT2D eigenvalue weighted by molar-refractivity contribution is -0.326. The van der Waals surface area contributed by atoms with Crippen molar-refractivity contribution in [2.45, 2.75) is 36.0 Å². The Bertz CT molecular complexity index is 667. The maximum atomic E-state index is 13.6. The highest BCUT2D eigenvalue weighted by Gasteiger charge is 2.76. The number of methoxy groups -OCH3 is 1. The average Bonchev–Trinajstić information content (AvgIpc) is 2.61. The molecule has 0 saturated heterocycles. The van der Waals surface area contributed by atoms with Crippen molar-refractivity contribution in [1.82, 2.24) is 0 Å². The van der Waals surface area contributed by atoms with E-state index >= 15 is 0 Å². The van der Waals surface area contributed by atoms with Gasteiger partial charge in [-0.25, -0.2) is 8.78 Å². The zero-order valence-corrected chi connectivity index (χ0v) is 16.4. The maximum Gasteiger partial charge on any atom is 0.383 e. The second-order valence-electron chi connectivity index (χ2n) is 5.52. The van der Waals surface area contributed by atoms with Crippen molar-refractivity contribution in [1.29, 1.82) is 0 Å². The highest BCUT2D eigenvalue weighted by Crippen LogP contribution is 2.52. The van der Waals surface area contributed by atoms with Crippen LogP contribution in [0.3, 0.4) is 0 Å². The van der Waals surface area contributed by atoms with Gasteiger partial charge >= 0.3 is 24.2 Å². The van der Waals surface area contributed by atoms with Crippen LogP contribution in [0.15, 0.2) is 34.7 Å². The van der Waals surface area contributed by atoms with Gasteiger partial charge in [-0.3, -0.25) is 0 Å². The molecule has 0 aliphatic rings. The molecule has 1 unspecified atom stereocenters. The van der Waals surface area contributed by atoms with Crippen molar-refractivity contribution in [3.8, 4) is 5.75 Å². The summed E-state index contributed by atoms with van der Waals surface area (Å²) in [5, 5.41) is -2.34. The molecule has 0 fully saturated rings. The van der Waals surface area contributed by atoms with Crippen LogP contribution < -0.4 is 4.74 Å². The summed E-state index contributed by atoms with van der Waals surface area (Å²) in [5.41, 5.74) is 0.768. The molecule has 0 N–H and O–H groups in total. The molecule has 28 heavy (non-hydrogen) atoms. The van der Waals surface area contributed by atoms with Gasteiger partial charge in [-0.05, 0) is 29.5 Å². The van der Waals surface area contributed by atoms with Gasteiger partial charge in [0.1, 0.15) is 5.75 Å². The third-order valence-electron chi connectivity index (χ3n) is 3.47. The standard InChI is InChI=1S/C16H14Cl2F8OS/c1-27-11-4-2-9(3-5-11)6-10(17)7-28-8-12(18)14(21,22)16(25,26)15(23,24)13(19)20/h2-5,8,10,13H,6-7H2,1H3/b12-8-. The minimum atomic E-state index is -6.38. The maximum absolute atomic E-state index is 13.6. The van der Waals surface area contributed by atoms with Gasteiger partial charge in [-0.2, -0.15) is 26.3 Å². The summed E-state index contributed by atoms with van der Waals surface area (Å²) in [4.78, 5) is 0. The van der Waals surface area contributed by atoms with Crippen molar-refractivity contribution in [2.75, 3.05) is 12.9 Å². The molecule has 0 spiro atoms. The molecule has 0 aliphatic carbocycles. The minimum Gasteiger partial charge on any atom is -0.497 e. The monoisotopic (exact) mass is 476 g/mol. The van der Waals surface area contributed by atoms with Crippen LogP contribution in [0.4, 0.5) is 35.1 Å². The third kappa shape index (κ3) is 5.60. The third-order valence-corrected chi connectivity index (χ3v) is 5.43. The highest BCUT2D eigenvalue weighted by atomic mass is 35.5. The van der Waals surface area contributed by atoms with E-state index in [0.717, 1.165) is 5.56 Å². The van der Waals surface area contributed by atoms with Gasteiger partial charge in [0.15, 0.2) is 0 Å². The first-order valence-corrected chi connectivity index (χ1v) is 9.30. The molecule has 1 atom stereocenters. The molecule has 0 heterocycles. The largest absolute Gasteiger partial charge is 0.497 e. The fraction of sp³-hybridized carbons (Fsp3) is 0.500. The number of hydrogen-bond acceptors (Lipinski definition) is 2. The fourth-order valence-corrected chi connectivity index (χ4v) is 3.29. The van der Waals surface area contributed by atoms with Gasteiger partial charge in [-0.1, -0.05) is 23.7 Å². The van der Waals surface area contributed by atoms with Crippen molar-refractivity contribution < 1.29 is 39.9 Å². The molecule has 12 heteroatoms. The van der Waals surface area contributed by atoms with Crippen molar-refractivity contribution >= 4 is 35.0 Å². The summed E-state index contributed by atoms with van der Waals surface area (Å²) in [6.45, 7) is 0. The molecule has 0 bridgehead atoms. The number of hydrogen-bond donors (Lipinski definition) is 0. The van der Waals surface area contributed by atoms with Crippen LogP contribution in [0, 0.1) is 0 Å². The van der Waals surface area contributed by atoms with Crippen LogP contribution in [-0.2, 0) is 6.42 Å². The average molecular weight is 477 g/mol. The van der Waals surface area contributed by atoms with E-state index in [2.05, 4.69) is 0 Å². The highest BCUT2D eigenvalue weighted by molar-refractivity contribution is 8.02. The van der Waals surface area contributed by atoms with E-state index in [0.29, 0.717) is 22.9 Å². The van der Waals surface area contributed by atoms with E-state index in [1.54, 1.807) is 24.3 Å². The number of alkyl halides is 9. The van der Waals surface area contributed by atoms with Crippen LogP contribution in [0.2, 0.25) is 0 Å². The molecule has 1 aromatic carbocycles. The Morgan fingerprint density at radius 3 is 2.11 bits per heavy atom. The molecule has 1 rings (SSSR count). The van der Waals surface area contributed by atoms with E-state index in [4.69, 9.17) is 27.9 Å². The molecule has 0 saturated carbocycles. The molecule has 160 valence electrons. The Hall–Kier alpha value is -0.870. The summed E-state index contributed by atoms with van der Waals surface area (Å²) in [7, 11) is 1.47. The van der Waals surface area contributed by atoms with E-state index in [-0.39, 0.29) is 12.2 Å². The number of ether oxygens (including phenoxy) is 1. The van der Waals surface area contributed by atoms with Gasteiger partial charge in [0.05, 0.1) is 12.1 Å². The number of benzene rings is 1. The molecule has 0 radical (unpaired) electrons. The lowest BCUT2D eigenvalue weighted by Crippen LogP contribution is -2.57. The molecule has 0 aliphatic heterocycles. The number of allylic oxidation sites excluding steroid dienone is 1. The smallest absolute Gasteiger partial charge is 0.383 e. The Balaban J connectivity index is 2.74. The minimum absolute atomic E-state index is 0.0866. The predicted octanol–water partition coefficient (Wildman–Crippen LogP) is 6.83. The molecule has 0 amide bonds. The lowest BCUT2D eigenvalue weighted by atomic mass is 10.0. The SMILES string of the molecule is COc1ccc(CC(Cl)CS/C=C(\Cl)C(F)(F)C(F)(F)C(F)(F)C(F)F)cc1. The topological polar surface area (TPSA) is 9.23 Å². The first-order valence-electron chi connectivity index (χ1n) is 7.43. The van der Waals surface area contributed by atoms with E-state index < -0.39 is 34.6 Å². The van der Waals surface area contributed by atoms with Gasteiger partial charge < -0.3 is 4.74 Å². The van der Waals surface area contributed by atoms with Crippen LogP contribution >= 0.6 is 35.0 Å². The van der Waals surface area contributed by atoms with Crippen LogP contribution in [0.25, 0.3) is 0 Å². The van der Waals surface area contributed by atoms with Crippen molar-refractivity contribution in [3.05, 3.63) is 40.3 Å². The van der Waals surface area contributed by atoms with Crippen molar-refractivity contribution in [3.63, 3.8) is 0 Å². The van der Waals surface area contributed by atoms with E-state index in [1.165, 1.54) is 7.11 Å². The van der Waals surface area contributed by atoms with Crippen molar-refractivity contribution in [2.24, 2.45) is 0 Å². The van der Waals surface area contributed by atoms with Crippen LogP contribution in [-0.4, -0.2) is 42.4 Å². The van der Waals surface area contributed by atoms with E-state index in [9.17, 15) is 35.1 Å². The van der Waals surface area contributed by atoms with Gasteiger partial charge in [0.25, 0.3) is 0 Å². The number of rotatable bonds is 10. The molecule has 1 aromatic rings. The van der Waals surface area contributed by atoms with Crippen LogP contribution in [0.1, 0.15) is 5.56 Å². The second kappa shape index (κ2) is 9.75. The normalized spacial score (nSPS) is 15.1. The quantitative estimate of drug-likeness (QED) is 0.270. The molecule has 1 nitrogen and oxygen atoms in total. The molecule has 0 aromatic heterocycles. The lowest BCUT2D eigenvalue weighted by Gasteiger charge is -2.31. The fourth-order valence-electron chi connectivity index (χ4n) is 1.87.